The second kappa shape index (κ2) is 7.21. The van der Waals surface area contributed by atoms with Crippen LogP contribution >= 0.6 is 22.6 Å². The Balaban J connectivity index is 1.90. The van der Waals surface area contributed by atoms with Crippen molar-refractivity contribution in [3.63, 3.8) is 0 Å². The predicted molar refractivity (Wildman–Crippen MR) is 86.1 cm³/mol. The summed E-state index contributed by atoms with van der Waals surface area (Å²) in [6.45, 7) is 2.05. The molecule has 1 heterocycles. The Bertz CT molecular complexity index is 438. The van der Waals surface area contributed by atoms with E-state index in [4.69, 9.17) is 5.73 Å². The summed E-state index contributed by atoms with van der Waals surface area (Å²) in [5.41, 5.74) is 6.63. The lowest BCUT2D eigenvalue weighted by molar-refractivity contribution is -0.118. The molecular formula is C14H20IN3O. The zero-order valence-corrected chi connectivity index (χ0v) is 13.1. The number of hydrogen-bond acceptors (Lipinski definition) is 3. The van der Waals surface area contributed by atoms with Gasteiger partial charge in [-0.25, -0.2) is 0 Å². The molecule has 1 aromatic carbocycles. The minimum absolute atomic E-state index is 0.0438. The van der Waals surface area contributed by atoms with Crippen molar-refractivity contribution in [1.82, 2.24) is 4.90 Å². The zero-order valence-electron chi connectivity index (χ0n) is 10.9. The van der Waals surface area contributed by atoms with Crippen molar-refractivity contribution in [3.05, 3.63) is 27.8 Å². The summed E-state index contributed by atoms with van der Waals surface area (Å²) in [6, 6.07) is 8.19. The fourth-order valence-corrected chi connectivity index (χ4v) is 3.03. The number of amides is 1. The van der Waals surface area contributed by atoms with Crippen molar-refractivity contribution in [2.45, 2.75) is 25.3 Å². The number of nitrogens with zero attached hydrogens (tertiary/aromatic N) is 1. The number of nitrogens with one attached hydrogen (secondary N) is 1. The lowest BCUT2D eigenvalue weighted by Crippen LogP contribution is -2.47. The molecule has 1 atom stereocenters. The smallest absolute Gasteiger partial charge is 0.238 e. The molecule has 19 heavy (non-hydrogen) atoms. The highest BCUT2D eigenvalue weighted by Gasteiger charge is 2.22. The standard InChI is InChI=1S/C14H20IN3O/c15-11-4-3-5-12(8-11)17-14(19)10-18-7-2-1-6-13(18)9-16/h3-5,8,13H,1-2,6-7,9-10,16H2,(H,17,19). The lowest BCUT2D eigenvalue weighted by atomic mass is 10.0. The third-order valence-electron chi connectivity index (χ3n) is 3.48. The molecule has 1 amide bonds. The highest BCUT2D eigenvalue weighted by Crippen LogP contribution is 2.16. The number of rotatable bonds is 4. The molecule has 5 heteroatoms. The van der Waals surface area contributed by atoms with Gasteiger partial charge in [-0.05, 0) is 60.2 Å². The van der Waals surface area contributed by atoms with Crippen LogP contribution in [0.3, 0.4) is 0 Å². The van der Waals surface area contributed by atoms with Crippen molar-refractivity contribution >= 4 is 34.2 Å². The number of benzene rings is 1. The summed E-state index contributed by atoms with van der Waals surface area (Å²) in [4.78, 5) is 14.3. The van der Waals surface area contributed by atoms with Gasteiger partial charge in [0.25, 0.3) is 0 Å². The maximum atomic E-state index is 12.1. The van der Waals surface area contributed by atoms with Crippen molar-refractivity contribution in [2.24, 2.45) is 5.73 Å². The molecule has 0 aliphatic carbocycles. The van der Waals surface area contributed by atoms with Crippen molar-refractivity contribution in [3.8, 4) is 0 Å². The van der Waals surface area contributed by atoms with Crippen LogP contribution in [0.15, 0.2) is 24.3 Å². The number of hydrogen-bond donors (Lipinski definition) is 2. The van der Waals surface area contributed by atoms with Crippen LogP contribution < -0.4 is 11.1 Å². The molecule has 1 aliphatic rings. The van der Waals surface area contributed by atoms with Crippen LogP contribution in [0.2, 0.25) is 0 Å². The molecule has 1 saturated heterocycles. The van der Waals surface area contributed by atoms with Gasteiger partial charge in [-0.3, -0.25) is 9.69 Å². The van der Waals surface area contributed by atoms with Gasteiger partial charge in [-0.1, -0.05) is 12.5 Å². The first-order valence-corrected chi connectivity index (χ1v) is 7.76. The number of nitrogens with two attached hydrogens (primary N) is 1. The molecule has 1 fully saturated rings. The summed E-state index contributed by atoms with van der Waals surface area (Å²) in [7, 11) is 0. The maximum Gasteiger partial charge on any atom is 0.238 e. The molecule has 1 aliphatic heterocycles. The first-order valence-electron chi connectivity index (χ1n) is 6.68. The lowest BCUT2D eigenvalue weighted by Gasteiger charge is -2.34. The van der Waals surface area contributed by atoms with E-state index in [0.29, 0.717) is 19.1 Å². The van der Waals surface area contributed by atoms with Crippen molar-refractivity contribution in [1.29, 1.82) is 0 Å². The van der Waals surface area contributed by atoms with Crippen LogP contribution in [0.5, 0.6) is 0 Å². The van der Waals surface area contributed by atoms with Crippen LogP contribution in [0.1, 0.15) is 19.3 Å². The number of anilines is 1. The minimum Gasteiger partial charge on any atom is -0.329 e. The first-order chi connectivity index (χ1) is 9.19. The molecule has 0 saturated carbocycles. The van der Waals surface area contributed by atoms with Gasteiger partial charge in [0.15, 0.2) is 0 Å². The van der Waals surface area contributed by atoms with Gasteiger partial charge < -0.3 is 11.1 Å². The molecule has 1 aromatic rings. The van der Waals surface area contributed by atoms with Crippen LogP contribution in [0.4, 0.5) is 5.69 Å². The number of halogens is 1. The Kier molecular flexibility index (Phi) is 5.59. The zero-order chi connectivity index (χ0) is 13.7. The minimum atomic E-state index is 0.0438. The summed E-state index contributed by atoms with van der Waals surface area (Å²) in [5.74, 6) is 0.0438. The Morgan fingerprint density at radius 1 is 1.47 bits per heavy atom. The highest BCUT2D eigenvalue weighted by molar-refractivity contribution is 14.1. The van der Waals surface area contributed by atoms with E-state index in [9.17, 15) is 4.79 Å². The highest BCUT2D eigenvalue weighted by atomic mass is 127. The van der Waals surface area contributed by atoms with E-state index < -0.39 is 0 Å². The average molecular weight is 373 g/mol. The second-order valence-corrected chi connectivity index (χ2v) is 6.16. The first kappa shape index (κ1) is 14.7. The quantitative estimate of drug-likeness (QED) is 0.795. The van der Waals surface area contributed by atoms with Crippen LogP contribution in [-0.4, -0.2) is 36.5 Å². The average Bonchev–Trinajstić information content (AvgIpc) is 2.39. The van der Waals surface area contributed by atoms with E-state index >= 15 is 0 Å². The van der Waals surface area contributed by atoms with Crippen LogP contribution in [-0.2, 0) is 4.79 Å². The molecule has 0 spiro atoms. The van der Waals surface area contributed by atoms with Gasteiger partial charge in [0, 0.05) is 21.8 Å². The molecule has 0 bridgehead atoms. The Morgan fingerprint density at radius 3 is 3.05 bits per heavy atom. The SMILES string of the molecule is NCC1CCCCN1CC(=O)Nc1cccc(I)c1. The largest absolute Gasteiger partial charge is 0.329 e. The monoisotopic (exact) mass is 373 g/mol. The van der Waals surface area contributed by atoms with Gasteiger partial charge in [-0.15, -0.1) is 0 Å². The van der Waals surface area contributed by atoms with E-state index in [-0.39, 0.29) is 5.91 Å². The number of carbonyl (C=O) groups excluding carboxylic acids is 1. The molecule has 0 radical (unpaired) electrons. The van der Waals surface area contributed by atoms with Gasteiger partial charge >= 0.3 is 0 Å². The predicted octanol–water partition coefficient (Wildman–Crippen LogP) is 2.04. The Labute approximate surface area is 127 Å². The summed E-state index contributed by atoms with van der Waals surface area (Å²) < 4.78 is 1.12. The number of piperidine rings is 1. The van der Waals surface area contributed by atoms with E-state index in [1.807, 2.05) is 24.3 Å². The number of carbonyl (C=O) groups is 1. The fraction of sp³-hybridized carbons (Fsp3) is 0.500. The van der Waals surface area contributed by atoms with E-state index in [1.54, 1.807) is 0 Å². The number of likely N-dealkylation sites (tertiary alicyclic amines) is 1. The molecule has 1 unspecified atom stereocenters. The third kappa shape index (κ3) is 4.43. The van der Waals surface area contributed by atoms with Gasteiger partial charge in [0.2, 0.25) is 5.91 Å². The summed E-state index contributed by atoms with van der Waals surface area (Å²) in [6.07, 6.45) is 3.48. The molecule has 4 nitrogen and oxygen atoms in total. The van der Waals surface area contributed by atoms with Gasteiger partial charge in [-0.2, -0.15) is 0 Å². The van der Waals surface area contributed by atoms with Gasteiger partial charge in [0.05, 0.1) is 6.54 Å². The summed E-state index contributed by atoms with van der Waals surface area (Å²) in [5, 5.41) is 2.95. The van der Waals surface area contributed by atoms with E-state index in [0.717, 1.165) is 28.6 Å². The molecule has 2 rings (SSSR count). The summed E-state index contributed by atoms with van der Waals surface area (Å²) >= 11 is 2.24. The van der Waals surface area contributed by atoms with Crippen molar-refractivity contribution < 1.29 is 4.79 Å². The second-order valence-electron chi connectivity index (χ2n) is 4.91. The maximum absolute atomic E-state index is 12.1. The van der Waals surface area contributed by atoms with Crippen LogP contribution in [0, 0.1) is 3.57 Å². The van der Waals surface area contributed by atoms with Gasteiger partial charge in [0.1, 0.15) is 0 Å². The van der Waals surface area contributed by atoms with Crippen molar-refractivity contribution in [2.75, 3.05) is 25.0 Å². The van der Waals surface area contributed by atoms with E-state index in [2.05, 4.69) is 32.8 Å². The molecular weight excluding hydrogens is 353 g/mol. The fourth-order valence-electron chi connectivity index (χ4n) is 2.49. The Morgan fingerprint density at radius 2 is 2.32 bits per heavy atom. The molecule has 3 N–H and O–H groups in total. The van der Waals surface area contributed by atoms with Crippen LogP contribution in [0.25, 0.3) is 0 Å². The normalized spacial score (nSPS) is 20.2. The third-order valence-corrected chi connectivity index (χ3v) is 4.15. The topological polar surface area (TPSA) is 58.4 Å². The molecule has 104 valence electrons. The Hall–Kier alpha value is -0.660. The van der Waals surface area contributed by atoms with E-state index in [1.165, 1.54) is 6.42 Å². The molecule has 0 aromatic heterocycles.